The van der Waals surface area contributed by atoms with Crippen LogP contribution in [0.25, 0.3) is 0 Å². The molecule has 0 radical (unpaired) electrons. The zero-order valence-corrected chi connectivity index (χ0v) is 12.7. The highest BCUT2D eigenvalue weighted by molar-refractivity contribution is 6.13. The SMILES string of the molecule is CC(=O)C(C)(C)C(=O)c1ccccc1Cc1ccccc1. The van der Waals surface area contributed by atoms with Gasteiger partial charge >= 0.3 is 0 Å². The first kappa shape index (κ1) is 15.2. The maximum absolute atomic E-state index is 12.7. The Labute approximate surface area is 125 Å². The third-order valence-electron chi connectivity index (χ3n) is 3.95. The Hall–Kier alpha value is -2.22. The number of ketones is 2. The fourth-order valence-electron chi connectivity index (χ4n) is 2.21. The van der Waals surface area contributed by atoms with Gasteiger partial charge in [0.1, 0.15) is 5.78 Å². The van der Waals surface area contributed by atoms with E-state index in [-0.39, 0.29) is 11.6 Å². The van der Waals surface area contributed by atoms with Crippen molar-refractivity contribution in [3.63, 3.8) is 0 Å². The van der Waals surface area contributed by atoms with Crippen LogP contribution in [0.5, 0.6) is 0 Å². The Bertz CT molecular complexity index is 654. The molecule has 21 heavy (non-hydrogen) atoms. The summed E-state index contributed by atoms with van der Waals surface area (Å²) in [7, 11) is 0. The highest BCUT2D eigenvalue weighted by Gasteiger charge is 2.34. The molecule has 0 aliphatic heterocycles. The molecule has 0 amide bonds. The Morgan fingerprint density at radius 2 is 1.48 bits per heavy atom. The standard InChI is InChI=1S/C19H20O2/c1-14(20)19(2,3)18(21)17-12-8-7-11-16(17)13-15-9-5-4-6-10-15/h4-12H,13H2,1-3H3. The molecule has 0 unspecified atom stereocenters. The van der Waals surface area contributed by atoms with Crippen LogP contribution in [-0.2, 0) is 11.2 Å². The van der Waals surface area contributed by atoms with E-state index >= 15 is 0 Å². The van der Waals surface area contributed by atoms with Crippen LogP contribution in [0.4, 0.5) is 0 Å². The predicted octanol–water partition coefficient (Wildman–Crippen LogP) is 4.08. The van der Waals surface area contributed by atoms with Gasteiger partial charge in [-0.3, -0.25) is 9.59 Å². The van der Waals surface area contributed by atoms with Crippen molar-refractivity contribution >= 4 is 11.6 Å². The van der Waals surface area contributed by atoms with Gasteiger partial charge in [0.05, 0.1) is 5.41 Å². The molecule has 2 rings (SSSR count). The maximum atomic E-state index is 12.7. The van der Waals surface area contributed by atoms with E-state index in [1.54, 1.807) is 13.8 Å². The van der Waals surface area contributed by atoms with Crippen molar-refractivity contribution in [3.8, 4) is 0 Å². The summed E-state index contributed by atoms with van der Waals surface area (Å²) in [5.74, 6) is -0.219. The second kappa shape index (κ2) is 6.04. The summed E-state index contributed by atoms with van der Waals surface area (Å²) < 4.78 is 0. The Balaban J connectivity index is 2.38. The lowest BCUT2D eigenvalue weighted by atomic mass is 9.79. The fraction of sp³-hybridized carbons (Fsp3) is 0.263. The van der Waals surface area contributed by atoms with Crippen molar-refractivity contribution in [2.45, 2.75) is 27.2 Å². The van der Waals surface area contributed by atoms with Gasteiger partial charge in [0.15, 0.2) is 5.78 Å². The summed E-state index contributed by atoms with van der Waals surface area (Å²) in [4.78, 5) is 24.4. The molecule has 2 nitrogen and oxygen atoms in total. The first-order chi connectivity index (χ1) is 9.93. The number of hydrogen-bond donors (Lipinski definition) is 0. The molecule has 0 aliphatic rings. The molecule has 0 saturated carbocycles. The topological polar surface area (TPSA) is 34.1 Å². The minimum Gasteiger partial charge on any atom is -0.299 e. The van der Waals surface area contributed by atoms with Crippen LogP contribution in [0.15, 0.2) is 54.6 Å². The molecule has 0 spiro atoms. The highest BCUT2D eigenvalue weighted by Crippen LogP contribution is 2.26. The minimum absolute atomic E-state index is 0.109. The number of benzene rings is 2. The predicted molar refractivity (Wildman–Crippen MR) is 84.5 cm³/mol. The van der Waals surface area contributed by atoms with Crippen molar-refractivity contribution in [3.05, 3.63) is 71.3 Å². The van der Waals surface area contributed by atoms with Crippen LogP contribution in [0.2, 0.25) is 0 Å². The van der Waals surface area contributed by atoms with E-state index in [2.05, 4.69) is 0 Å². The van der Waals surface area contributed by atoms with Crippen LogP contribution in [-0.4, -0.2) is 11.6 Å². The fourth-order valence-corrected chi connectivity index (χ4v) is 2.21. The Kier molecular flexibility index (Phi) is 4.37. The van der Waals surface area contributed by atoms with Crippen LogP contribution in [0.3, 0.4) is 0 Å². The molecular weight excluding hydrogens is 260 g/mol. The van der Waals surface area contributed by atoms with Crippen LogP contribution in [0.1, 0.15) is 42.3 Å². The molecule has 0 aliphatic carbocycles. The molecule has 2 aromatic carbocycles. The quantitative estimate of drug-likeness (QED) is 0.611. The molecule has 0 bridgehead atoms. The van der Waals surface area contributed by atoms with Gasteiger partial charge in [-0.1, -0.05) is 54.6 Å². The van der Waals surface area contributed by atoms with Crippen LogP contribution in [0, 0.1) is 5.41 Å². The molecule has 2 heteroatoms. The lowest BCUT2D eigenvalue weighted by Gasteiger charge is -2.21. The van der Waals surface area contributed by atoms with Gasteiger partial charge in [0.2, 0.25) is 0 Å². The molecule has 0 atom stereocenters. The second-order valence-corrected chi connectivity index (χ2v) is 5.83. The summed E-state index contributed by atoms with van der Waals surface area (Å²) >= 11 is 0. The number of rotatable bonds is 5. The summed E-state index contributed by atoms with van der Waals surface area (Å²) in [5.41, 5.74) is 1.77. The van der Waals surface area contributed by atoms with Crippen LogP contribution < -0.4 is 0 Å². The van der Waals surface area contributed by atoms with Gasteiger partial charge < -0.3 is 0 Å². The van der Waals surface area contributed by atoms with Crippen molar-refractivity contribution in [2.24, 2.45) is 5.41 Å². The van der Waals surface area contributed by atoms with Crippen molar-refractivity contribution in [1.29, 1.82) is 0 Å². The van der Waals surface area contributed by atoms with Crippen molar-refractivity contribution in [2.75, 3.05) is 0 Å². The van der Waals surface area contributed by atoms with E-state index in [9.17, 15) is 9.59 Å². The molecule has 108 valence electrons. The summed E-state index contributed by atoms with van der Waals surface area (Å²) in [6, 6.07) is 17.6. The molecule has 0 aromatic heterocycles. The highest BCUT2D eigenvalue weighted by atomic mass is 16.2. The van der Waals surface area contributed by atoms with Crippen LogP contribution >= 0.6 is 0 Å². The third-order valence-corrected chi connectivity index (χ3v) is 3.95. The summed E-state index contributed by atoms with van der Waals surface area (Å²) in [5, 5.41) is 0. The second-order valence-electron chi connectivity index (χ2n) is 5.83. The monoisotopic (exact) mass is 280 g/mol. The average Bonchev–Trinajstić information content (AvgIpc) is 2.48. The van der Waals surface area contributed by atoms with E-state index < -0.39 is 5.41 Å². The van der Waals surface area contributed by atoms with Gasteiger partial charge in [-0.15, -0.1) is 0 Å². The zero-order valence-electron chi connectivity index (χ0n) is 12.7. The summed E-state index contributed by atoms with van der Waals surface area (Å²) in [6.07, 6.45) is 0.691. The molecule has 0 fully saturated rings. The number of carbonyl (C=O) groups excluding carboxylic acids is 2. The lowest BCUT2D eigenvalue weighted by Crippen LogP contribution is -2.32. The largest absolute Gasteiger partial charge is 0.299 e. The molecule has 2 aromatic rings. The molecular formula is C19H20O2. The first-order valence-corrected chi connectivity index (χ1v) is 7.10. The first-order valence-electron chi connectivity index (χ1n) is 7.10. The Morgan fingerprint density at radius 1 is 0.905 bits per heavy atom. The summed E-state index contributed by atoms with van der Waals surface area (Å²) in [6.45, 7) is 4.85. The molecule has 0 saturated heterocycles. The van der Waals surface area contributed by atoms with Crippen molar-refractivity contribution in [1.82, 2.24) is 0 Å². The zero-order chi connectivity index (χ0) is 15.5. The number of carbonyl (C=O) groups is 2. The smallest absolute Gasteiger partial charge is 0.176 e. The van der Waals surface area contributed by atoms with Gasteiger partial charge in [-0.25, -0.2) is 0 Å². The number of Topliss-reactive ketones (excluding diaryl/α,β-unsaturated/α-hetero) is 2. The molecule has 0 N–H and O–H groups in total. The van der Waals surface area contributed by atoms with Gasteiger partial charge in [-0.2, -0.15) is 0 Å². The minimum atomic E-state index is -0.979. The van der Waals surface area contributed by atoms with E-state index in [0.717, 1.165) is 11.1 Å². The Morgan fingerprint density at radius 3 is 2.10 bits per heavy atom. The van der Waals surface area contributed by atoms with E-state index in [1.165, 1.54) is 6.92 Å². The molecule has 0 heterocycles. The maximum Gasteiger partial charge on any atom is 0.176 e. The third kappa shape index (κ3) is 3.27. The van der Waals surface area contributed by atoms with Gasteiger partial charge in [0.25, 0.3) is 0 Å². The van der Waals surface area contributed by atoms with E-state index in [1.807, 2.05) is 54.6 Å². The van der Waals surface area contributed by atoms with E-state index in [0.29, 0.717) is 12.0 Å². The number of hydrogen-bond acceptors (Lipinski definition) is 2. The lowest BCUT2D eigenvalue weighted by molar-refractivity contribution is -0.122. The normalized spacial score (nSPS) is 11.2. The van der Waals surface area contributed by atoms with Gasteiger partial charge in [-0.05, 0) is 38.3 Å². The average molecular weight is 280 g/mol. The van der Waals surface area contributed by atoms with E-state index in [4.69, 9.17) is 0 Å². The van der Waals surface area contributed by atoms with Crippen molar-refractivity contribution < 1.29 is 9.59 Å². The van der Waals surface area contributed by atoms with Gasteiger partial charge in [0, 0.05) is 5.56 Å².